The number of fused-ring (bicyclic) bond motifs is 1. The molecule has 2 aromatic carbocycles. The molecule has 3 rings (SSSR count). The van der Waals surface area contributed by atoms with Gasteiger partial charge in [0.1, 0.15) is 5.41 Å². The largest absolute Gasteiger partial charge is 0.325 e. The monoisotopic (exact) mass is 237 g/mol. The van der Waals surface area contributed by atoms with Crippen LogP contribution in [0.3, 0.4) is 0 Å². The standard InChI is InChI=1S/C16H15NO/c1-2-16(12-8-4-3-5-9-12)13-10-6-7-11-14(13)17-15(16)18/h3-11H,2H2,1H3,(H,17,18)/t16-/m0/s1. The fourth-order valence-corrected chi connectivity index (χ4v) is 2.88. The van der Waals surface area contributed by atoms with Crippen LogP contribution in [0.5, 0.6) is 0 Å². The quantitative estimate of drug-likeness (QED) is 0.852. The molecule has 0 saturated carbocycles. The normalized spacial score (nSPS) is 21.5. The van der Waals surface area contributed by atoms with Crippen molar-refractivity contribution in [1.29, 1.82) is 0 Å². The average Bonchev–Trinajstić information content (AvgIpc) is 2.72. The van der Waals surface area contributed by atoms with Crippen molar-refractivity contribution >= 4 is 11.6 Å². The van der Waals surface area contributed by atoms with Crippen LogP contribution < -0.4 is 5.32 Å². The first-order valence-corrected chi connectivity index (χ1v) is 6.25. The molecular weight excluding hydrogens is 222 g/mol. The number of benzene rings is 2. The predicted molar refractivity (Wildman–Crippen MR) is 72.6 cm³/mol. The summed E-state index contributed by atoms with van der Waals surface area (Å²) >= 11 is 0. The maximum atomic E-state index is 12.5. The first kappa shape index (κ1) is 11.0. The molecule has 1 atom stereocenters. The van der Waals surface area contributed by atoms with Crippen molar-refractivity contribution in [3.05, 3.63) is 65.7 Å². The zero-order valence-corrected chi connectivity index (χ0v) is 10.3. The number of anilines is 1. The Bertz CT molecular complexity index is 591. The molecule has 1 aliphatic rings. The van der Waals surface area contributed by atoms with E-state index in [9.17, 15) is 4.79 Å². The molecule has 18 heavy (non-hydrogen) atoms. The van der Waals surface area contributed by atoms with E-state index in [0.717, 1.165) is 23.2 Å². The van der Waals surface area contributed by atoms with Gasteiger partial charge in [0, 0.05) is 5.69 Å². The van der Waals surface area contributed by atoms with Gasteiger partial charge in [-0.25, -0.2) is 0 Å². The molecule has 90 valence electrons. The molecule has 0 saturated heterocycles. The van der Waals surface area contributed by atoms with E-state index in [0.29, 0.717) is 0 Å². The van der Waals surface area contributed by atoms with Crippen LogP contribution in [-0.2, 0) is 10.2 Å². The Morgan fingerprint density at radius 1 is 1.00 bits per heavy atom. The molecule has 1 amide bonds. The molecule has 1 heterocycles. The molecule has 1 aliphatic heterocycles. The third kappa shape index (κ3) is 1.32. The van der Waals surface area contributed by atoms with Gasteiger partial charge in [-0.1, -0.05) is 55.5 Å². The highest BCUT2D eigenvalue weighted by atomic mass is 16.2. The van der Waals surface area contributed by atoms with E-state index < -0.39 is 5.41 Å². The van der Waals surface area contributed by atoms with E-state index in [1.165, 1.54) is 0 Å². The summed E-state index contributed by atoms with van der Waals surface area (Å²) in [6.07, 6.45) is 0.764. The van der Waals surface area contributed by atoms with Gasteiger partial charge in [-0.2, -0.15) is 0 Å². The Labute approximate surface area is 107 Å². The Morgan fingerprint density at radius 2 is 1.67 bits per heavy atom. The van der Waals surface area contributed by atoms with Crippen molar-refractivity contribution in [1.82, 2.24) is 0 Å². The molecule has 0 aliphatic carbocycles. The van der Waals surface area contributed by atoms with Gasteiger partial charge in [0.15, 0.2) is 0 Å². The summed E-state index contributed by atoms with van der Waals surface area (Å²) in [5.41, 5.74) is 2.56. The van der Waals surface area contributed by atoms with Gasteiger partial charge in [0.25, 0.3) is 0 Å². The van der Waals surface area contributed by atoms with Crippen molar-refractivity contribution < 1.29 is 4.79 Å². The summed E-state index contributed by atoms with van der Waals surface area (Å²) in [5, 5.41) is 3.00. The smallest absolute Gasteiger partial charge is 0.239 e. The molecule has 0 unspecified atom stereocenters. The zero-order chi connectivity index (χ0) is 12.6. The van der Waals surface area contributed by atoms with Gasteiger partial charge in [-0.05, 0) is 23.6 Å². The van der Waals surface area contributed by atoms with Crippen LogP contribution >= 0.6 is 0 Å². The minimum atomic E-state index is -0.530. The third-order valence-corrected chi connectivity index (χ3v) is 3.82. The first-order chi connectivity index (χ1) is 8.79. The van der Waals surface area contributed by atoms with Crippen LogP contribution in [0.15, 0.2) is 54.6 Å². The summed E-state index contributed by atoms with van der Waals surface area (Å²) in [5.74, 6) is 0.0809. The van der Waals surface area contributed by atoms with Crippen molar-refractivity contribution in [2.24, 2.45) is 0 Å². The molecular formula is C16H15NO. The maximum absolute atomic E-state index is 12.5. The number of nitrogens with one attached hydrogen (secondary N) is 1. The first-order valence-electron chi connectivity index (χ1n) is 6.25. The number of hydrogen-bond donors (Lipinski definition) is 1. The number of amides is 1. The fraction of sp³-hybridized carbons (Fsp3) is 0.188. The Balaban J connectivity index is 2.27. The second-order valence-electron chi connectivity index (χ2n) is 4.62. The summed E-state index contributed by atoms with van der Waals surface area (Å²) in [6.45, 7) is 2.06. The molecule has 0 fully saturated rings. The van der Waals surface area contributed by atoms with Gasteiger partial charge < -0.3 is 5.32 Å². The lowest BCUT2D eigenvalue weighted by Crippen LogP contribution is -2.34. The Hall–Kier alpha value is -2.09. The van der Waals surface area contributed by atoms with Gasteiger partial charge in [0.2, 0.25) is 5.91 Å². The minimum absolute atomic E-state index is 0.0809. The van der Waals surface area contributed by atoms with Crippen LogP contribution in [-0.4, -0.2) is 5.91 Å². The summed E-state index contributed by atoms with van der Waals surface area (Å²) < 4.78 is 0. The van der Waals surface area contributed by atoms with Gasteiger partial charge in [-0.15, -0.1) is 0 Å². The molecule has 2 aromatic rings. The molecule has 0 bridgehead atoms. The Morgan fingerprint density at radius 3 is 2.39 bits per heavy atom. The second-order valence-corrected chi connectivity index (χ2v) is 4.62. The van der Waals surface area contributed by atoms with Crippen molar-refractivity contribution in [3.8, 4) is 0 Å². The lowest BCUT2D eigenvalue weighted by atomic mass is 9.73. The number of carbonyl (C=O) groups excluding carboxylic acids is 1. The molecule has 0 aromatic heterocycles. The number of rotatable bonds is 2. The maximum Gasteiger partial charge on any atom is 0.239 e. The lowest BCUT2D eigenvalue weighted by molar-refractivity contribution is -0.119. The van der Waals surface area contributed by atoms with E-state index in [-0.39, 0.29) is 5.91 Å². The fourth-order valence-electron chi connectivity index (χ4n) is 2.88. The van der Waals surface area contributed by atoms with E-state index in [1.54, 1.807) is 0 Å². The van der Waals surface area contributed by atoms with Gasteiger partial charge in [-0.3, -0.25) is 4.79 Å². The van der Waals surface area contributed by atoms with Crippen molar-refractivity contribution in [3.63, 3.8) is 0 Å². The van der Waals surface area contributed by atoms with Crippen molar-refractivity contribution in [2.45, 2.75) is 18.8 Å². The Kier molecular flexibility index (Phi) is 2.44. The van der Waals surface area contributed by atoms with Crippen molar-refractivity contribution in [2.75, 3.05) is 5.32 Å². The van der Waals surface area contributed by atoms with Crippen LogP contribution in [0.4, 0.5) is 5.69 Å². The average molecular weight is 237 g/mol. The molecule has 0 radical (unpaired) electrons. The van der Waals surface area contributed by atoms with E-state index in [1.807, 2.05) is 54.6 Å². The van der Waals surface area contributed by atoms with Crippen LogP contribution in [0, 0.1) is 0 Å². The predicted octanol–water partition coefficient (Wildman–Crippen LogP) is 3.33. The topological polar surface area (TPSA) is 29.1 Å². The molecule has 2 heteroatoms. The van der Waals surface area contributed by atoms with E-state index in [4.69, 9.17) is 0 Å². The van der Waals surface area contributed by atoms with E-state index >= 15 is 0 Å². The van der Waals surface area contributed by atoms with Crippen LogP contribution in [0.25, 0.3) is 0 Å². The van der Waals surface area contributed by atoms with Crippen LogP contribution in [0.2, 0.25) is 0 Å². The van der Waals surface area contributed by atoms with Gasteiger partial charge in [0.05, 0.1) is 0 Å². The molecule has 2 nitrogen and oxygen atoms in total. The number of para-hydroxylation sites is 1. The highest BCUT2D eigenvalue weighted by molar-refractivity contribution is 6.08. The van der Waals surface area contributed by atoms with Crippen LogP contribution in [0.1, 0.15) is 24.5 Å². The zero-order valence-electron chi connectivity index (χ0n) is 10.3. The third-order valence-electron chi connectivity index (χ3n) is 3.82. The summed E-state index contributed by atoms with van der Waals surface area (Å²) in [6, 6.07) is 18.0. The SMILES string of the molecule is CC[C@@]1(c2ccccc2)C(=O)Nc2ccccc21. The lowest BCUT2D eigenvalue weighted by Gasteiger charge is -2.26. The number of carbonyl (C=O) groups is 1. The second kappa shape index (κ2) is 3.98. The minimum Gasteiger partial charge on any atom is -0.325 e. The molecule has 0 spiro atoms. The summed E-state index contributed by atoms with van der Waals surface area (Å²) in [7, 11) is 0. The van der Waals surface area contributed by atoms with Gasteiger partial charge >= 0.3 is 0 Å². The summed E-state index contributed by atoms with van der Waals surface area (Å²) in [4.78, 5) is 12.5. The highest BCUT2D eigenvalue weighted by Crippen LogP contribution is 2.44. The number of hydrogen-bond acceptors (Lipinski definition) is 1. The van der Waals surface area contributed by atoms with E-state index in [2.05, 4.69) is 12.2 Å². The highest BCUT2D eigenvalue weighted by Gasteiger charge is 2.46. The molecule has 1 N–H and O–H groups in total.